The van der Waals surface area contributed by atoms with Crippen LogP contribution in [0.2, 0.25) is 0 Å². The van der Waals surface area contributed by atoms with Crippen molar-refractivity contribution in [2.45, 2.75) is 44.6 Å². The summed E-state index contributed by atoms with van der Waals surface area (Å²) >= 11 is 0. The normalized spacial score (nSPS) is 22.0. The molecular formula is C12H22N2O3S. The molecule has 1 amide bonds. The second-order valence-electron chi connectivity index (χ2n) is 5.33. The monoisotopic (exact) mass is 274 g/mol. The van der Waals surface area contributed by atoms with Gasteiger partial charge in [0.25, 0.3) is 0 Å². The van der Waals surface area contributed by atoms with Gasteiger partial charge < -0.3 is 4.90 Å². The maximum Gasteiger partial charge on any atom is 0.237 e. The molecule has 0 spiro atoms. The van der Waals surface area contributed by atoms with Gasteiger partial charge in [0, 0.05) is 19.1 Å². The standard InChI is InChI=1S/C12H22N2O3S/c1-18(16,17)14(11-6-2-3-7-11)10-12(15)13-8-4-5-9-13/h11H,2-10H2,1H3. The lowest BCUT2D eigenvalue weighted by molar-refractivity contribution is -0.130. The Labute approximate surface area is 109 Å². The van der Waals surface area contributed by atoms with E-state index in [-0.39, 0.29) is 18.5 Å². The topological polar surface area (TPSA) is 57.7 Å². The predicted octanol–water partition coefficient (Wildman–Crippen LogP) is 0.813. The van der Waals surface area contributed by atoms with Gasteiger partial charge in [-0.05, 0) is 25.7 Å². The van der Waals surface area contributed by atoms with E-state index in [9.17, 15) is 13.2 Å². The van der Waals surface area contributed by atoms with Gasteiger partial charge in [0.15, 0.2) is 0 Å². The number of nitrogens with zero attached hydrogens (tertiary/aromatic N) is 2. The second-order valence-corrected chi connectivity index (χ2v) is 7.27. The molecule has 1 aliphatic carbocycles. The summed E-state index contributed by atoms with van der Waals surface area (Å²) in [4.78, 5) is 13.9. The number of carbonyl (C=O) groups is 1. The third-order valence-electron chi connectivity index (χ3n) is 3.91. The van der Waals surface area contributed by atoms with Crippen LogP contribution in [0.15, 0.2) is 0 Å². The Hall–Kier alpha value is -0.620. The highest BCUT2D eigenvalue weighted by Crippen LogP contribution is 2.25. The van der Waals surface area contributed by atoms with Crippen LogP contribution in [0.4, 0.5) is 0 Å². The molecule has 1 aliphatic heterocycles. The molecule has 0 atom stereocenters. The highest BCUT2D eigenvalue weighted by Gasteiger charge is 2.32. The van der Waals surface area contributed by atoms with Crippen LogP contribution in [0, 0.1) is 0 Å². The first kappa shape index (κ1) is 13.8. The van der Waals surface area contributed by atoms with Crippen molar-refractivity contribution in [3.8, 4) is 0 Å². The number of rotatable bonds is 4. The summed E-state index contributed by atoms with van der Waals surface area (Å²) in [6, 6.07) is 0.0338. The van der Waals surface area contributed by atoms with Gasteiger partial charge in [-0.1, -0.05) is 12.8 Å². The number of hydrogen-bond acceptors (Lipinski definition) is 3. The van der Waals surface area contributed by atoms with Crippen LogP contribution in [0.5, 0.6) is 0 Å². The van der Waals surface area contributed by atoms with Crippen molar-refractivity contribution in [3.05, 3.63) is 0 Å². The number of sulfonamides is 1. The molecule has 2 fully saturated rings. The first-order chi connectivity index (χ1) is 8.48. The van der Waals surface area contributed by atoms with Gasteiger partial charge >= 0.3 is 0 Å². The fraction of sp³-hybridized carbons (Fsp3) is 0.917. The van der Waals surface area contributed by atoms with E-state index < -0.39 is 10.0 Å². The van der Waals surface area contributed by atoms with Crippen LogP contribution >= 0.6 is 0 Å². The Balaban J connectivity index is 2.02. The molecule has 104 valence electrons. The zero-order valence-corrected chi connectivity index (χ0v) is 11.8. The fourth-order valence-electron chi connectivity index (χ4n) is 2.91. The van der Waals surface area contributed by atoms with Crippen molar-refractivity contribution in [2.75, 3.05) is 25.9 Å². The zero-order valence-electron chi connectivity index (χ0n) is 11.0. The molecule has 5 nitrogen and oxygen atoms in total. The van der Waals surface area contributed by atoms with E-state index in [1.807, 2.05) is 0 Å². The largest absolute Gasteiger partial charge is 0.342 e. The number of carbonyl (C=O) groups excluding carboxylic acids is 1. The molecule has 0 radical (unpaired) electrons. The highest BCUT2D eigenvalue weighted by molar-refractivity contribution is 7.88. The van der Waals surface area contributed by atoms with Crippen LogP contribution in [0.25, 0.3) is 0 Å². The van der Waals surface area contributed by atoms with Gasteiger partial charge in [-0.25, -0.2) is 8.42 Å². The van der Waals surface area contributed by atoms with E-state index in [4.69, 9.17) is 0 Å². The Morgan fingerprint density at radius 2 is 1.72 bits per heavy atom. The maximum absolute atomic E-state index is 12.1. The molecule has 0 unspecified atom stereocenters. The van der Waals surface area contributed by atoms with E-state index in [1.54, 1.807) is 4.90 Å². The molecule has 2 rings (SSSR count). The van der Waals surface area contributed by atoms with Gasteiger partial charge in [0.05, 0.1) is 12.8 Å². The van der Waals surface area contributed by atoms with Crippen molar-refractivity contribution in [1.29, 1.82) is 0 Å². The first-order valence-corrected chi connectivity index (χ1v) is 8.58. The van der Waals surface area contributed by atoms with E-state index in [1.165, 1.54) is 10.6 Å². The maximum atomic E-state index is 12.1. The summed E-state index contributed by atoms with van der Waals surface area (Å²) < 4.78 is 25.1. The molecule has 1 saturated carbocycles. The SMILES string of the molecule is CS(=O)(=O)N(CC(=O)N1CCCC1)C1CCCC1. The molecule has 1 heterocycles. The minimum atomic E-state index is -3.29. The smallest absolute Gasteiger partial charge is 0.237 e. The Morgan fingerprint density at radius 3 is 2.22 bits per heavy atom. The van der Waals surface area contributed by atoms with Gasteiger partial charge in [-0.2, -0.15) is 4.31 Å². The second kappa shape index (κ2) is 5.57. The fourth-order valence-corrected chi connectivity index (χ4v) is 4.01. The molecule has 1 saturated heterocycles. The van der Waals surface area contributed by atoms with Gasteiger partial charge in [0.2, 0.25) is 15.9 Å². The third kappa shape index (κ3) is 3.23. The van der Waals surface area contributed by atoms with Gasteiger partial charge in [0.1, 0.15) is 0 Å². The third-order valence-corrected chi connectivity index (χ3v) is 5.19. The lowest BCUT2D eigenvalue weighted by Gasteiger charge is -2.27. The molecule has 0 N–H and O–H groups in total. The summed E-state index contributed by atoms with van der Waals surface area (Å²) in [5, 5.41) is 0. The predicted molar refractivity (Wildman–Crippen MR) is 69.6 cm³/mol. The summed E-state index contributed by atoms with van der Waals surface area (Å²) in [6.07, 6.45) is 7.19. The average molecular weight is 274 g/mol. The number of hydrogen-bond donors (Lipinski definition) is 0. The van der Waals surface area contributed by atoms with Crippen molar-refractivity contribution in [1.82, 2.24) is 9.21 Å². The van der Waals surface area contributed by atoms with Crippen LogP contribution in [-0.4, -0.2) is 55.5 Å². The molecular weight excluding hydrogens is 252 g/mol. The Kier molecular flexibility index (Phi) is 4.27. The van der Waals surface area contributed by atoms with Crippen molar-refractivity contribution >= 4 is 15.9 Å². The highest BCUT2D eigenvalue weighted by atomic mass is 32.2. The van der Waals surface area contributed by atoms with Gasteiger partial charge in [-0.3, -0.25) is 4.79 Å². The summed E-state index contributed by atoms with van der Waals surface area (Å²) in [5.74, 6) is -0.0372. The lowest BCUT2D eigenvalue weighted by Crippen LogP contribution is -2.45. The van der Waals surface area contributed by atoms with Crippen molar-refractivity contribution < 1.29 is 13.2 Å². The minimum Gasteiger partial charge on any atom is -0.342 e. The summed E-state index contributed by atoms with van der Waals surface area (Å²) in [5.41, 5.74) is 0. The van der Waals surface area contributed by atoms with Gasteiger partial charge in [-0.15, -0.1) is 0 Å². The molecule has 0 aromatic rings. The van der Waals surface area contributed by atoms with Crippen LogP contribution in [0.1, 0.15) is 38.5 Å². The first-order valence-electron chi connectivity index (χ1n) is 6.73. The van der Waals surface area contributed by atoms with E-state index in [0.717, 1.165) is 51.6 Å². The average Bonchev–Trinajstić information content (AvgIpc) is 2.96. The molecule has 0 aromatic carbocycles. The molecule has 2 aliphatic rings. The minimum absolute atomic E-state index is 0.0312. The Bertz CT molecular complexity index is 396. The van der Waals surface area contributed by atoms with E-state index in [2.05, 4.69) is 0 Å². The van der Waals surface area contributed by atoms with Crippen LogP contribution < -0.4 is 0 Å². The van der Waals surface area contributed by atoms with E-state index in [0.29, 0.717) is 0 Å². The van der Waals surface area contributed by atoms with Crippen LogP contribution in [-0.2, 0) is 14.8 Å². The van der Waals surface area contributed by atoms with Crippen molar-refractivity contribution in [2.24, 2.45) is 0 Å². The van der Waals surface area contributed by atoms with E-state index >= 15 is 0 Å². The molecule has 0 aromatic heterocycles. The summed E-state index contributed by atoms with van der Waals surface area (Å²) in [6.45, 7) is 1.59. The molecule has 0 bridgehead atoms. The lowest BCUT2D eigenvalue weighted by atomic mass is 10.2. The van der Waals surface area contributed by atoms with Crippen LogP contribution in [0.3, 0.4) is 0 Å². The number of likely N-dealkylation sites (tertiary alicyclic amines) is 1. The quantitative estimate of drug-likeness (QED) is 0.762. The zero-order chi connectivity index (χ0) is 13.2. The number of amides is 1. The Morgan fingerprint density at radius 1 is 1.17 bits per heavy atom. The van der Waals surface area contributed by atoms with Crippen molar-refractivity contribution in [3.63, 3.8) is 0 Å². The molecule has 18 heavy (non-hydrogen) atoms. The summed E-state index contributed by atoms with van der Waals surface area (Å²) in [7, 11) is -3.29. The molecule has 6 heteroatoms.